The number of ether oxygens (including phenoxy) is 4. The van der Waals surface area contributed by atoms with Crippen molar-refractivity contribution in [2.45, 2.75) is 0 Å². The van der Waals surface area contributed by atoms with Crippen LogP contribution in [-0.2, 0) is 14.3 Å². The van der Waals surface area contributed by atoms with E-state index >= 15 is 0 Å². The Morgan fingerprint density at radius 1 is 1.10 bits per heavy atom. The van der Waals surface area contributed by atoms with Crippen molar-refractivity contribution < 1.29 is 28.5 Å². The molecule has 0 radical (unpaired) electrons. The first-order valence-corrected chi connectivity index (χ1v) is 5.83. The van der Waals surface area contributed by atoms with Crippen molar-refractivity contribution in [3.63, 3.8) is 0 Å². The van der Waals surface area contributed by atoms with E-state index in [-0.39, 0.29) is 23.7 Å². The molecule has 2 rings (SSSR count). The maximum atomic E-state index is 12.4. The van der Waals surface area contributed by atoms with Gasteiger partial charge in [-0.25, -0.2) is 4.79 Å². The molecule has 0 spiro atoms. The highest BCUT2D eigenvalue weighted by Crippen LogP contribution is 2.29. The molecule has 0 aromatic heterocycles. The molecule has 1 heterocycles. The molecule has 0 atom stereocenters. The zero-order chi connectivity index (χ0) is 14.7. The molecular weight excluding hydrogens is 264 g/mol. The smallest absolute Gasteiger partial charge is 0.374 e. The van der Waals surface area contributed by atoms with Crippen LogP contribution in [0.25, 0.3) is 0 Å². The van der Waals surface area contributed by atoms with E-state index in [1.54, 1.807) is 18.2 Å². The Morgan fingerprint density at radius 3 is 2.40 bits per heavy atom. The highest BCUT2D eigenvalue weighted by Gasteiger charge is 2.31. The number of benzene rings is 1. The summed E-state index contributed by atoms with van der Waals surface area (Å²) >= 11 is 0. The minimum Gasteiger partial charge on any atom is -0.493 e. The summed E-state index contributed by atoms with van der Waals surface area (Å²) in [6.07, 6.45) is 0. The molecule has 0 saturated heterocycles. The third-order valence-corrected chi connectivity index (χ3v) is 2.93. The van der Waals surface area contributed by atoms with Gasteiger partial charge in [-0.2, -0.15) is 0 Å². The molecule has 6 nitrogen and oxygen atoms in total. The molecular formula is C14H14O6. The number of hydrogen-bond donors (Lipinski definition) is 0. The van der Waals surface area contributed by atoms with Gasteiger partial charge in [0.25, 0.3) is 0 Å². The maximum absolute atomic E-state index is 12.4. The van der Waals surface area contributed by atoms with Crippen LogP contribution < -0.4 is 9.47 Å². The highest BCUT2D eigenvalue weighted by molar-refractivity contribution is 6.14. The van der Waals surface area contributed by atoms with Crippen LogP contribution in [0.4, 0.5) is 0 Å². The van der Waals surface area contributed by atoms with Crippen molar-refractivity contribution >= 4 is 11.8 Å². The quantitative estimate of drug-likeness (QED) is 0.598. The Hall–Kier alpha value is -2.50. The molecule has 0 bridgehead atoms. The van der Waals surface area contributed by atoms with Gasteiger partial charge < -0.3 is 18.9 Å². The van der Waals surface area contributed by atoms with Gasteiger partial charge in [-0.05, 0) is 18.2 Å². The van der Waals surface area contributed by atoms with Crippen molar-refractivity contribution in [3.8, 4) is 11.5 Å². The SMILES string of the molecule is COC1=C(C(=O)c2ccc(OC)c(OC)c2)COC1=O. The Bertz CT molecular complexity index is 587. The van der Waals surface area contributed by atoms with Crippen LogP contribution in [-0.4, -0.2) is 39.7 Å². The summed E-state index contributed by atoms with van der Waals surface area (Å²) in [7, 11) is 4.31. The van der Waals surface area contributed by atoms with Crippen molar-refractivity contribution in [2.75, 3.05) is 27.9 Å². The van der Waals surface area contributed by atoms with Gasteiger partial charge in [-0.1, -0.05) is 0 Å². The fourth-order valence-electron chi connectivity index (χ4n) is 1.92. The van der Waals surface area contributed by atoms with Gasteiger partial charge in [-0.3, -0.25) is 4.79 Å². The lowest BCUT2D eigenvalue weighted by Gasteiger charge is -2.09. The minimum atomic E-state index is -0.628. The van der Waals surface area contributed by atoms with Gasteiger partial charge >= 0.3 is 5.97 Å². The van der Waals surface area contributed by atoms with Gasteiger partial charge in [0, 0.05) is 5.56 Å². The number of Topliss-reactive ketones (excluding diaryl/α,β-unsaturated/α-hetero) is 1. The van der Waals surface area contributed by atoms with Crippen LogP contribution >= 0.6 is 0 Å². The standard InChI is InChI=1S/C14H14O6/c1-17-10-5-4-8(6-11(10)18-2)12(15)9-7-20-14(16)13(9)19-3/h4-6H,7H2,1-3H3. The monoisotopic (exact) mass is 278 g/mol. The third kappa shape index (κ3) is 2.32. The summed E-state index contributed by atoms with van der Waals surface area (Å²) in [5.41, 5.74) is 0.565. The van der Waals surface area contributed by atoms with E-state index in [0.29, 0.717) is 17.1 Å². The summed E-state index contributed by atoms with van der Waals surface area (Å²) in [6.45, 7) is -0.0881. The lowest BCUT2D eigenvalue weighted by Crippen LogP contribution is -2.08. The molecule has 0 unspecified atom stereocenters. The summed E-state index contributed by atoms with van der Waals surface area (Å²) in [5.74, 6) is -0.0679. The first-order chi connectivity index (χ1) is 9.62. The van der Waals surface area contributed by atoms with E-state index < -0.39 is 5.97 Å². The summed E-state index contributed by atoms with van der Waals surface area (Å²) in [5, 5.41) is 0. The zero-order valence-electron chi connectivity index (χ0n) is 11.4. The summed E-state index contributed by atoms with van der Waals surface area (Å²) < 4.78 is 20.0. The van der Waals surface area contributed by atoms with E-state index in [1.807, 2.05) is 0 Å². The average molecular weight is 278 g/mol. The Kier molecular flexibility index (Phi) is 3.93. The Balaban J connectivity index is 2.39. The summed E-state index contributed by atoms with van der Waals surface area (Å²) in [4.78, 5) is 23.7. The van der Waals surface area contributed by atoms with Crippen LogP contribution in [0.5, 0.6) is 11.5 Å². The topological polar surface area (TPSA) is 71.1 Å². The zero-order valence-corrected chi connectivity index (χ0v) is 11.4. The van der Waals surface area contributed by atoms with Crippen LogP contribution in [0.2, 0.25) is 0 Å². The normalized spacial score (nSPS) is 14.1. The molecule has 106 valence electrons. The number of carbonyl (C=O) groups is 2. The largest absolute Gasteiger partial charge is 0.493 e. The van der Waals surface area contributed by atoms with E-state index in [9.17, 15) is 9.59 Å². The molecule has 0 saturated carbocycles. The van der Waals surface area contributed by atoms with E-state index in [0.717, 1.165) is 0 Å². The molecule has 0 amide bonds. The molecule has 6 heteroatoms. The molecule has 0 aliphatic carbocycles. The first-order valence-electron chi connectivity index (χ1n) is 5.83. The van der Waals surface area contributed by atoms with Crippen LogP contribution in [0.3, 0.4) is 0 Å². The fourth-order valence-corrected chi connectivity index (χ4v) is 1.92. The van der Waals surface area contributed by atoms with Crippen LogP contribution in [0.15, 0.2) is 29.5 Å². The lowest BCUT2D eigenvalue weighted by molar-refractivity contribution is -0.138. The number of esters is 1. The van der Waals surface area contributed by atoms with E-state index in [1.165, 1.54) is 21.3 Å². The predicted octanol–water partition coefficient (Wildman–Crippen LogP) is 1.34. The van der Waals surface area contributed by atoms with Crippen LogP contribution in [0, 0.1) is 0 Å². The minimum absolute atomic E-state index is 0.0511. The number of rotatable bonds is 5. The van der Waals surface area contributed by atoms with Gasteiger partial charge in [0.05, 0.1) is 26.9 Å². The molecule has 20 heavy (non-hydrogen) atoms. The molecule has 1 aromatic carbocycles. The number of hydrogen-bond acceptors (Lipinski definition) is 6. The van der Waals surface area contributed by atoms with Crippen LogP contribution in [0.1, 0.15) is 10.4 Å². The lowest BCUT2D eigenvalue weighted by atomic mass is 10.0. The Labute approximate surface area is 115 Å². The number of ketones is 1. The van der Waals surface area contributed by atoms with Gasteiger partial charge in [0.2, 0.25) is 5.76 Å². The van der Waals surface area contributed by atoms with Crippen molar-refractivity contribution in [1.82, 2.24) is 0 Å². The van der Waals surface area contributed by atoms with Gasteiger partial charge in [-0.15, -0.1) is 0 Å². The van der Waals surface area contributed by atoms with E-state index in [2.05, 4.69) is 0 Å². The molecule has 1 aliphatic heterocycles. The van der Waals surface area contributed by atoms with Gasteiger partial charge in [0.1, 0.15) is 6.61 Å². The number of methoxy groups -OCH3 is 3. The van der Waals surface area contributed by atoms with Crippen molar-refractivity contribution in [1.29, 1.82) is 0 Å². The predicted molar refractivity (Wildman–Crippen MR) is 68.9 cm³/mol. The highest BCUT2D eigenvalue weighted by atomic mass is 16.6. The first kappa shape index (κ1) is 13.9. The second-order valence-electron chi connectivity index (χ2n) is 3.99. The second kappa shape index (κ2) is 5.64. The number of carbonyl (C=O) groups excluding carboxylic acids is 2. The molecule has 0 fully saturated rings. The van der Waals surface area contributed by atoms with E-state index in [4.69, 9.17) is 18.9 Å². The second-order valence-corrected chi connectivity index (χ2v) is 3.99. The average Bonchev–Trinajstić information content (AvgIpc) is 2.86. The molecule has 1 aliphatic rings. The fraction of sp³-hybridized carbons (Fsp3) is 0.286. The third-order valence-electron chi connectivity index (χ3n) is 2.93. The van der Waals surface area contributed by atoms with Gasteiger partial charge in [0.15, 0.2) is 17.3 Å². The van der Waals surface area contributed by atoms with Crippen molar-refractivity contribution in [3.05, 3.63) is 35.1 Å². The molecule has 0 N–H and O–H groups in total. The maximum Gasteiger partial charge on any atom is 0.374 e. The Morgan fingerprint density at radius 2 is 1.80 bits per heavy atom. The number of cyclic esters (lactones) is 1. The summed E-state index contributed by atoms with van der Waals surface area (Å²) in [6, 6.07) is 4.76. The molecule has 1 aromatic rings. The van der Waals surface area contributed by atoms with Crippen molar-refractivity contribution in [2.24, 2.45) is 0 Å².